The first-order chi connectivity index (χ1) is 8.63. The molecule has 0 aromatic carbocycles. The van der Waals surface area contributed by atoms with Gasteiger partial charge in [0.2, 0.25) is 5.91 Å². The first kappa shape index (κ1) is 12.3. The first-order valence-corrected chi connectivity index (χ1v) is 5.87. The Hall–Kier alpha value is -2.11. The molecule has 2 rings (SSSR count). The molecule has 1 aliphatic rings. The van der Waals surface area contributed by atoms with E-state index in [0.29, 0.717) is 19.5 Å². The summed E-state index contributed by atoms with van der Waals surface area (Å²) in [6.45, 7) is 3.25. The molecule has 6 nitrogen and oxygen atoms in total. The van der Waals surface area contributed by atoms with Crippen LogP contribution in [-0.2, 0) is 4.79 Å². The number of anilines is 1. The minimum atomic E-state index is -1.05. The van der Waals surface area contributed by atoms with E-state index in [0.717, 1.165) is 5.69 Å². The normalized spacial score (nSPS) is 19.5. The lowest BCUT2D eigenvalue weighted by Gasteiger charge is -2.36. The Bertz CT molecular complexity index is 458. The van der Waals surface area contributed by atoms with Crippen LogP contribution in [0.4, 0.5) is 5.69 Å². The molecule has 0 saturated carbocycles. The first-order valence-electron chi connectivity index (χ1n) is 5.87. The number of hydrogen-bond donors (Lipinski definition) is 2. The van der Waals surface area contributed by atoms with Crippen LogP contribution in [0.3, 0.4) is 0 Å². The second kappa shape index (κ2) is 5.03. The van der Waals surface area contributed by atoms with E-state index in [4.69, 9.17) is 5.11 Å². The topological polar surface area (TPSA) is 82.5 Å². The van der Waals surface area contributed by atoms with Crippen molar-refractivity contribution in [2.24, 2.45) is 0 Å². The molecule has 1 aliphatic heterocycles. The zero-order valence-electron chi connectivity index (χ0n) is 10.1. The van der Waals surface area contributed by atoms with E-state index in [2.05, 4.69) is 10.3 Å². The lowest BCUT2D eigenvalue weighted by molar-refractivity contribution is -0.123. The number of aromatic carboxylic acids is 1. The summed E-state index contributed by atoms with van der Waals surface area (Å²) in [4.78, 5) is 28.3. The van der Waals surface area contributed by atoms with E-state index < -0.39 is 5.97 Å². The van der Waals surface area contributed by atoms with E-state index in [1.54, 1.807) is 6.07 Å². The predicted octanol–water partition coefficient (Wildman–Crippen LogP) is 0.495. The zero-order valence-corrected chi connectivity index (χ0v) is 10.1. The molecule has 2 N–H and O–H groups in total. The summed E-state index contributed by atoms with van der Waals surface area (Å²) < 4.78 is 0. The number of nitrogens with one attached hydrogen (secondary N) is 1. The highest BCUT2D eigenvalue weighted by Gasteiger charge is 2.28. The summed E-state index contributed by atoms with van der Waals surface area (Å²) in [5, 5.41) is 11.6. The summed E-state index contributed by atoms with van der Waals surface area (Å²) in [6, 6.07) is 2.94. The van der Waals surface area contributed by atoms with Crippen LogP contribution in [-0.4, -0.2) is 41.1 Å². The van der Waals surface area contributed by atoms with Gasteiger partial charge in [-0.3, -0.25) is 4.79 Å². The van der Waals surface area contributed by atoms with E-state index in [-0.39, 0.29) is 17.6 Å². The quantitative estimate of drug-likeness (QED) is 0.815. The number of piperazine rings is 1. The fourth-order valence-electron chi connectivity index (χ4n) is 2.11. The number of carboxylic acid groups (broad SMARTS) is 1. The maximum absolute atomic E-state index is 11.7. The summed E-state index contributed by atoms with van der Waals surface area (Å²) in [5.74, 6) is -1.05. The maximum atomic E-state index is 11.7. The molecular weight excluding hydrogens is 234 g/mol. The summed E-state index contributed by atoms with van der Waals surface area (Å²) in [6.07, 6.45) is 2.21. The molecule has 0 radical (unpaired) electrons. The third-order valence-electron chi connectivity index (χ3n) is 3.02. The SMILES string of the molecule is CCC1C(=O)NCCN1c1ccc(C(=O)O)nc1. The molecule has 1 saturated heterocycles. The van der Waals surface area contributed by atoms with Gasteiger partial charge in [0.15, 0.2) is 0 Å². The second-order valence-electron chi connectivity index (χ2n) is 4.12. The number of pyridine rings is 1. The molecule has 1 atom stereocenters. The number of carboxylic acids is 1. The van der Waals surface area contributed by atoms with Crippen molar-refractivity contribution in [1.29, 1.82) is 0 Å². The number of rotatable bonds is 3. The lowest BCUT2D eigenvalue weighted by atomic mass is 10.1. The Morgan fingerprint density at radius 2 is 2.39 bits per heavy atom. The molecule has 1 amide bonds. The molecule has 0 spiro atoms. The van der Waals surface area contributed by atoms with Crippen LogP contribution < -0.4 is 10.2 Å². The molecule has 1 unspecified atom stereocenters. The number of hydrogen-bond acceptors (Lipinski definition) is 4. The van der Waals surface area contributed by atoms with E-state index in [9.17, 15) is 9.59 Å². The van der Waals surface area contributed by atoms with Gasteiger partial charge in [0.05, 0.1) is 11.9 Å². The summed E-state index contributed by atoms with van der Waals surface area (Å²) in [5.41, 5.74) is 0.787. The minimum Gasteiger partial charge on any atom is -0.477 e. The average Bonchev–Trinajstić information content (AvgIpc) is 2.38. The van der Waals surface area contributed by atoms with Gasteiger partial charge in [-0.2, -0.15) is 0 Å². The largest absolute Gasteiger partial charge is 0.477 e. The van der Waals surface area contributed by atoms with Gasteiger partial charge in [-0.05, 0) is 18.6 Å². The van der Waals surface area contributed by atoms with Crippen LogP contribution >= 0.6 is 0 Å². The molecule has 0 aliphatic carbocycles. The Morgan fingerprint density at radius 3 is 2.94 bits per heavy atom. The van der Waals surface area contributed by atoms with E-state index >= 15 is 0 Å². The van der Waals surface area contributed by atoms with Crippen molar-refractivity contribution in [3.05, 3.63) is 24.0 Å². The molecule has 96 valence electrons. The zero-order chi connectivity index (χ0) is 13.1. The van der Waals surface area contributed by atoms with Crippen molar-refractivity contribution in [3.63, 3.8) is 0 Å². The fraction of sp³-hybridized carbons (Fsp3) is 0.417. The molecule has 6 heteroatoms. The van der Waals surface area contributed by atoms with Crippen molar-refractivity contribution >= 4 is 17.6 Å². The number of amides is 1. The van der Waals surface area contributed by atoms with Crippen LogP contribution in [0.25, 0.3) is 0 Å². The third-order valence-corrected chi connectivity index (χ3v) is 3.02. The number of nitrogens with zero attached hydrogens (tertiary/aromatic N) is 2. The number of carbonyl (C=O) groups is 2. The standard InChI is InChI=1S/C12H15N3O3/c1-2-10-11(16)13-5-6-15(10)8-3-4-9(12(17)18)14-7-8/h3-4,7,10H,2,5-6H2,1H3,(H,13,16)(H,17,18). The Morgan fingerprint density at radius 1 is 1.61 bits per heavy atom. The molecule has 18 heavy (non-hydrogen) atoms. The highest BCUT2D eigenvalue weighted by molar-refractivity contribution is 5.87. The van der Waals surface area contributed by atoms with Crippen molar-refractivity contribution in [1.82, 2.24) is 10.3 Å². The molecule has 1 aromatic heterocycles. The van der Waals surface area contributed by atoms with Gasteiger partial charge in [0.1, 0.15) is 11.7 Å². The van der Waals surface area contributed by atoms with E-state index in [1.807, 2.05) is 11.8 Å². The van der Waals surface area contributed by atoms with E-state index in [1.165, 1.54) is 12.3 Å². The highest BCUT2D eigenvalue weighted by Crippen LogP contribution is 2.19. The Labute approximate surface area is 105 Å². The monoisotopic (exact) mass is 249 g/mol. The van der Waals surface area contributed by atoms with Gasteiger partial charge in [-0.1, -0.05) is 6.92 Å². The average molecular weight is 249 g/mol. The maximum Gasteiger partial charge on any atom is 0.354 e. The lowest BCUT2D eigenvalue weighted by Crippen LogP contribution is -2.55. The van der Waals surface area contributed by atoms with Crippen LogP contribution in [0.2, 0.25) is 0 Å². The van der Waals surface area contributed by atoms with Crippen molar-refractivity contribution in [2.45, 2.75) is 19.4 Å². The fourth-order valence-corrected chi connectivity index (χ4v) is 2.11. The van der Waals surface area contributed by atoms with Crippen molar-refractivity contribution in [3.8, 4) is 0 Å². The van der Waals surface area contributed by atoms with Crippen molar-refractivity contribution < 1.29 is 14.7 Å². The van der Waals surface area contributed by atoms with Gasteiger partial charge < -0.3 is 15.3 Å². The van der Waals surface area contributed by atoms with Crippen LogP contribution in [0, 0.1) is 0 Å². The van der Waals surface area contributed by atoms with Crippen LogP contribution in [0.15, 0.2) is 18.3 Å². The molecule has 1 aromatic rings. The van der Waals surface area contributed by atoms with Gasteiger partial charge in [-0.25, -0.2) is 9.78 Å². The third kappa shape index (κ3) is 2.27. The summed E-state index contributed by atoms with van der Waals surface area (Å²) in [7, 11) is 0. The van der Waals surface area contributed by atoms with Crippen LogP contribution in [0.1, 0.15) is 23.8 Å². The highest BCUT2D eigenvalue weighted by atomic mass is 16.4. The van der Waals surface area contributed by atoms with Gasteiger partial charge in [-0.15, -0.1) is 0 Å². The van der Waals surface area contributed by atoms with Gasteiger partial charge >= 0.3 is 5.97 Å². The molecule has 0 bridgehead atoms. The van der Waals surface area contributed by atoms with Gasteiger partial charge in [0.25, 0.3) is 0 Å². The number of carbonyl (C=O) groups excluding carboxylic acids is 1. The Balaban J connectivity index is 2.24. The number of aromatic nitrogens is 1. The second-order valence-corrected chi connectivity index (χ2v) is 4.12. The Kier molecular flexibility index (Phi) is 3.45. The van der Waals surface area contributed by atoms with Crippen LogP contribution in [0.5, 0.6) is 0 Å². The van der Waals surface area contributed by atoms with Gasteiger partial charge in [0, 0.05) is 13.1 Å². The minimum absolute atomic E-state index is 0.00561. The molecular formula is C12H15N3O3. The summed E-state index contributed by atoms with van der Waals surface area (Å²) >= 11 is 0. The molecule has 2 heterocycles. The predicted molar refractivity (Wildman–Crippen MR) is 65.6 cm³/mol. The van der Waals surface area contributed by atoms with Crippen molar-refractivity contribution in [2.75, 3.05) is 18.0 Å². The smallest absolute Gasteiger partial charge is 0.354 e. The molecule has 1 fully saturated rings.